The molecular formula is C27H29NO6. The van der Waals surface area contributed by atoms with Gasteiger partial charge in [-0.15, -0.1) is 0 Å². The smallest absolute Gasteiger partial charge is 0.254 e. The molecule has 0 saturated carbocycles. The first kappa shape index (κ1) is 23.3. The molecule has 0 spiro atoms. The van der Waals surface area contributed by atoms with Crippen LogP contribution in [0.25, 0.3) is 0 Å². The average molecular weight is 464 g/mol. The minimum Gasteiger partial charge on any atom is -0.497 e. The molecule has 7 heteroatoms. The van der Waals surface area contributed by atoms with Gasteiger partial charge in [-0.2, -0.15) is 0 Å². The first-order valence-electron chi connectivity index (χ1n) is 11.0. The van der Waals surface area contributed by atoms with Crippen LogP contribution in [-0.2, 0) is 6.42 Å². The Kier molecular flexibility index (Phi) is 7.11. The van der Waals surface area contributed by atoms with Gasteiger partial charge >= 0.3 is 0 Å². The van der Waals surface area contributed by atoms with Gasteiger partial charge in [0.1, 0.15) is 23.9 Å². The minimum absolute atomic E-state index is 0.0635. The van der Waals surface area contributed by atoms with E-state index in [0.29, 0.717) is 41.5 Å². The van der Waals surface area contributed by atoms with Gasteiger partial charge in [0.2, 0.25) is 0 Å². The van der Waals surface area contributed by atoms with Crippen LogP contribution in [0, 0.1) is 0 Å². The molecule has 1 aliphatic rings. The lowest BCUT2D eigenvalue weighted by atomic mass is 9.91. The van der Waals surface area contributed by atoms with E-state index in [-0.39, 0.29) is 18.6 Å². The third kappa shape index (κ3) is 4.73. The molecule has 3 aromatic carbocycles. The normalized spacial score (nSPS) is 14.7. The first-order valence-corrected chi connectivity index (χ1v) is 11.0. The predicted molar refractivity (Wildman–Crippen MR) is 129 cm³/mol. The third-order valence-electron chi connectivity index (χ3n) is 6.07. The van der Waals surface area contributed by atoms with E-state index < -0.39 is 0 Å². The standard InChI is InChI=1S/C27H29NO6/c1-30-20-7-5-18(6-8-20)27(29)28-14-13-19-15-25(32-3)26(33-4)16-23(19)24(28)17-34-22-11-9-21(31-2)10-12-22/h5-12,15-16,24H,13-14,17H2,1-4H3/t24-/m1/s1. The van der Waals surface area contributed by atoms with Gasteiger partial charge in [0, 0.05) is 12.1 Å². The van der Waals surface area contributed by atoms with Crippen LogP contribution in [0.4, 0.5) is 0 Å². The summed E-state index contributed by atoms with van der Waals surface area (Å²) in [5.41, 5.74) is 2.69. The van der Waals surface area contributed by atoms with Crippen molar-refractivity contribution >= 4 is 5.91 Å². The Morgan fingerprint density at radius 2 is 1.35 bits per heavy atom. The molecule has 34 heavy (non-hydrogen) atoms. The molecular weight excluding hydrogens is 434 g/mol. The number of ether oxygens (including phenoxy) is 5. The van der Waals surface area contributed by atoms with Crippen LogP contribution in [-0.4, -0.2) is 52.4 Å². The zero-order valence-corrected chi connectivity index (χ0v) is 19.9. The lowest BCUT2D eigenvalue weighted by Gasteiger charge is -2.37. The molecule has 4 rings (SSSR count). The zero-order valence-electron chi connectivity index (χ0n) is 19.9. The summed E-state index contributed by atoms with van der Waals surface area (Å²) < 4.78 is 27.6. The zero-order chi connectivity index (χ0) is 24.1. The topological polar surface area (TPSA) is 66.5 Å². The first-order chi connectivity index (χ1) is 16.6. The van der Waals surface area contributed by atoms with Crippen LogP contribution in [0.1, 0.15) is 27.5 Å². The second-order valence-electron chi connectivity index (χ2n) is 7.89. The highest BCUT2D eigenvalue weighted by Gasteiger charge is 2.33. The summed E-state index contributed by atoms with van der Waals surface area (Å²) in [4.78, 5) is 15.4. The Hall–Kier alpha value is -3.87. The van der Waals surface area contributed by atoms with Crippen molar-refractivity contribution in [2.45, 2.75) is 12.5 Å². The van der Waals surface area contributed by atoms with Crippen LogP contribution in [0.3, 0.4) is 0 Å². The summed E-state index contributed by atoms with van der Waals surface area (Å²) in [7, 11) is 6.46. The summed E-state index contributed by atoms with van der Waals surface area (Å²) in [6.07, 6.45) is 0.705. The summed E-state index contributed by atoms with van der Waals surface area (Å²) in [5, 5.41) is 0. The fraction of sp³-hybridized carbons (Fsp3) is 0.296. The Morgan fingerprint density at radius 1 is 0.794 bits per heavy atom. The Bertz CT molecular complexity index is 1130. The van der Waals surface area contributed by atoms with Crippen molar-refractivity contribution in [3.05, 3.63) is 77.4 Å². The van der Waals surface area contributed by atoms with Gasteiger partial charge in [0.25, 0.3) is 5.91 Å². The Balaban J connectivity index is 1.67. The van der Waals surface area contributed by atoms with Crippen LogP contribution in [0.5, 0.6) is 28.7 Å². The molecule has 0 aliphatic carbocycles. The molecule has 0 unspecified atom stereocenters. The monoisotopic (exact) mass is 463 g/mol. The van der Waals surface area contributed by atoms with Crippen LogP contribution in [0.15, 0.2) is 60.7 Å². The van der Waals surface area contributed by atoms with Crippen molar-refractivity contribution in [1.82, 2.24) is 4.90 Å². The summed E-state index contributed by atoms with van der Waals surface area (Å²) >= 11 is 0. The second kappa shape index (κ2) is 10.4. The average Bonchev–Trinajstić information content (AvgIpc) is 2.90. The summed E-state index contributed by atoms with van der Waals surface area (Å²) in [6.45, 7) is 0.848. The van der Waals surface area contributed by atoms with Gasteiger partial charge in [-0.1, -0.05) is 0 Å². The van der Waals surface area contributed by atoms with Gasteiger partial charge in [-0.25, -0.2) is 0 Å². The number of hydrogen-bond donors (Lipinski definition) is 0. The number of amides is 1. The van der Waals surface area contributed by atoms with E-state index in [4.69, 9.17) is 23.7 Å². The quantitative estimate of drug-likeness (QED) is 0.489. The van der Waals surface area contributed by atoms with E-state index in [1.807, 2.05) is 41.3 Å². The van der Waals surface area contributed by atoms with Gasteiger partial charge in [0.15, 0.2) is 11.5 Å². The molecule has 7 nitrogen and oxygen atoms in total. The molecule has 0 N–H and O–H groups in total. The van der Waals surface area contributed by atoms with E-state index in [1.165, 1.54) is 0 Å². The molecule has 0 aromatic heterocycles. The Morgan fingerprint density at radius 3 is 1.94 bits per heavy atom. The fourth-order valence-electron chi connectivity index (χ4n) is 4.20. The number of methoxy groups -OCH3 is 4. The SMILES string of the molecule is COc1ccc(OC[C@@H]2c3cc(OC)c(OC)cc3CCN2C(=O)c2ccc(OC)cc2)cc1. The minimum atomic E-state index is -0.305. The highest BCUT2D eigenvalue weighted by molar-refractivity contribution is 5.95. The highest BCUT2D eigenvalue weighted by Crippen LogP contribution is 2.39. The molecule has 1 aliphatic heterocycles. The van der Waals surface area contributed by atoms with E-state index >= 15 is 0 Å². The largest absolute Gasteiger partial charge is 0.497 e. The molecule has 3 aromatic rings. The van der Waals surface area contributed by atoms with E-state index in [9.17, 15) is 4.79 Å². The van der Waals surface area contributed by atoms with E-state index in [2.05, 4.69) is 0 Å². The van der Waals surface area contributed by atoms with E-state index in [0.717, 1.165) is 16.9 Å². The molecule has 0 radical (unpaired) electrons. The lowest BCUT2D eigenvalue weighted by molar-refractivity contribution is 0.0589. The van der Waals surface area contributed by atoms with Crippen LogP contribution in [0.2, 0.25) is 0 Å². The van der Waals surface area contributed by atoms with Crippen LogP contribution < -0.4 is 23.7 Å². The molecule has 0 bridgehead atoms. The molecule has 0 fully saturated rings. The number of nitrogens with zero attached hydrogens (tertiary/aromatic N) is 1. The van der Waals surface area contributed by atoms with Gasteiger partial charge in [-0.05, 0) is 78.2 Å². The summed E-state index contributed by atoms with van der Waals surface area (Å²) in [6, 6.07) is 18.2. The number of carbonyl (C=O) groups excluding carboxylic acids is 1. The van der Waals surface area contributed by atoms with Gasteiger partial charge in [0.05, 0.1) is 34.5 Å². The van der Waals surface area contributed by atoms with Gasteiger partial charge in [-0.3, -0.25) is 4.79 Å². The van der Waals surface area contributed by atoms with Gasteiger partial charge < -0.3 is 28.6 Å². The molecule has 178 valence electrons. The van der Waals surface area contributed by atoms with Crippen molar-refractivity contribution < 1.29 is 28.5 Å². The van der Waals surface area contributed by atoms with Crippen molar-refractivity contribution in [2.75, 3.05) is 41.6 Å². The molecule has 1 amide bonds. The van der Waals surface area contributed by atoms with Crippen molar-refractivity contribution in [3.63, 3.8) is 0 Å². The highest BCUT2D eigenvalue weighted by atomic mass is 16.5. The molecule has 1 heterocycles. The maximum Gasteiger partial charge on any atom is 0.254 e. The number of benzene rings is 3. The summed E-state index contributed by atoms with van der Waals surface area (Å²) in [5.74, 6) is 3.39. The number of rotatable bonds is 8. The third-order valence-corrected chi connectivity index (χ3v) is 6.07. The van der Waals surface area contributed by atoms with Crippen LogP contribution >= 0.6 is 0 Å². The maximum atomic E-state index is 13.5. The van der Waals surface area contributed by atoms with Crippen molar-refractivity contribution in [2.24, 2.45) is 0 Å². The maximum absolute atomic E-state index is 13.5. The predicted octanol–water partition coefficient (Wildman–Crippen LogP) is 4.54. The second-order valence-corrected chi connectivity index (χ2v) is 7.89. The number of carbonyl (C=O) groups is 1. The van der Waals surface area contributed by atoms with Crippen molar-refractivity contribution in [1.29, 1.82) is 0 Å². The number of hydrogen-bond acceptors (Lipinski definition) is 6. The molecule has 0 saturated heterocycles. The number of fused-ring (bicyclic) bond motifs is 1. The lowest BCUT2D eigenvalue weighted by Crippen LogP contribution is -2.42. The molecule has 1 atom stereocenters. The Labute approximate surface area is 199 Å². The fourth-order valence-corrected chi connectivity index (χ4v) is 4.20. The van der Waals surface area contributed by atoms with E-state index in [1.54, 1.807) is 52.7 Å². The van der Waals surface area contributed by atoms with Crippen molar-refractivity contribution in [3.8, 4) is 28.7 Å².